The van der Waals surface area contributed by atoms with Crippen LogP contribution in [0.2, 0.25) is 39.3 Å². The molecule has 0 atom stereocenters. The van der Waals surface area contributed by atoms with Gasteiger partial charge in [0.2, 0.25) is 0 Å². The van der Waals surface area contributed by atoms with Crippen molar-refractivity contribution in [3.05, 3.63) is 192 Å². The Bertz CT molecular complexity index is 3910. The second-order valence-corrected chi connectivity index (χ2v) is 33.4. The van der Waals surface area contributed by atoms with Crippen LogP contribution in [0.15, 0.2) is 162 Å². The van der Waals surface area contributed by atoms with E-state index in [4.69, 9.17) is 17.1 Å². The first-order chi connectivity index (χ1) is 36.4. The van der Waals surface area contributed by atoms with Crippen LogP contribution in [0.5, 0.6) is 0 Å². The van der Waals surface area contributed by atoms with Crippen molar-refractivity contribution < 1.29 is 27.3 Å². The molecule has 0 saturated carbocycles. The van der Waals surface area contributed by atoms with Crippen LogP contribution in [0.4, 0.5) is 0 Å². The van der Waals surface area contributed by atoms with Crippen LogP contribution in [0.3, 0.4) is 0 Å². The zero-order valence-corrected chi connectivity index (χ0v) is 51.1. The molecule has 0 fully saturated rings. The van der Waals surface area contributed by atoms with Crippen molar-refractivity contribution in [3.8, 4) is 45.3 Å². The molecule has 0 N–H and O–H groups in total. The Labute approximate surface area is 469 Å². The van der Waals surface area contributed by atoms with E-state index in [0.29, 0.717) is 11.8 Å². The quantitative estimate of drug-likeness (QED) is 0.0958. The Balaban J connectivity index is 0.000000195. The van der Waals surface area contributed by atoms with Gasteiger partial charge in [0.15, 0.2) is 0 Å². The molecular formula is C68H72IrN4OSi2-2. The number of para-hydroxylation sites is 6. The third kappa shape index (κ3) is 10.3. The van der Waals surface area contributed by atoms with Gasteiger partial charge in [-0.3, -0.25) is 9.97 Å². The van der Waals surface area contributed by atoms with Crippen molar-refractivity contribution in [2.75, 3.05) is 0 Å². The Morgan fingerprint density at radius 1 is 0.513 bits per heavy atom. The van der Waals surface area contributed by atoms with Gasteiger partial charge in [-0.05, 0) is 99.5 Å². The summed E-state index contributed by atoms with van der Waals surface area (Å²) in [4.78, 5) is 10.4. The first-order valence-corrected chi connectivity index (χ1v) is 33.6. The number of imidazole rings is 2. The molecule has 3 aromatic heterocycles. The Morgan fingerprint density at radius 2 is 1.04 bits per heavy atom. The Hall–Kier alpha value is -6.42. The normalized spacial score (nSPS) is 12.8. The standard InChI is InChI=1S/C40H39N2OSi.C28H33N2Si.Ir/c1-25(2)31-21-28(27-15-9-8-10-16-27)22-32(26(3)4)38(31)42-36-19-13-12-18-35(36)41-40(42)34-24-29(44(5,6)7)23-33-30-17-11-14-20-37(30)43-39(33)34;1-19(2)23-11-10-12-24(20(3)4)27(23)30-26-14-9-8-13-25(26)29-28(30)21-15-17-22(18-16-21)31(5,6)7;/h8-23,25-26H,1-7H3;8-15,17-20H,1-7H3;/q2*-1;/i;19D,20D;. The summed E-state index contributed by atoms with van der Waals surface area (Å²) < 4.78 is 29.0. The number of fused-ring (bicyclic) bond motifs is 5. The van der Waals surface area contributed by atoms with E-state index in [1.807, 2.05) is 70.2 Å². The van der Waals surface area contributed by atoms with E-state index in [2.05, 4.69) is 204 Å². The van der Waals surface area contributed by atoms with Crippen molar-refractivity contribution in [1.82, 2.24) is 19.1 Å². The second-order valence-electron chi connectivity index (χ2n) is 23.3. The molecule has 76 heavy (non-hydrogen) atoms. The van der Waals surface area contributed by atoms with Gasteiger partial charge in [0.1, 0.15) is 5.58 Å². The van der Waals surface area contributed by atoms with Gasteiger partial charge < -0.3 is 13.6 Å². The van der Waals surface area contributed by atoms with E-state index < -0.39 is 27.9 Å². The average Bonchev–Trinajstić information content (AvgIpc) is 4.11. The maximum atomic E-state index is 8.90. The fourth-order valence-electron chi connectivity index (χ4n) is 10.4. The summed E-state index contributed by atoms with van der Waals surface area (Å²) in [5.74, 6) is 0.578. The van der Waals surface area contributed by atoms with Gasteiger partial charge in [-0.2, -0.15) is 0 Å². The molecule has 8 aromatic carbocycles. The number of aromatic nitrogens is 4. The summed E-state index contributed by atoms with van der Waals surface area (Å²) in [7, 11) is -3.19. The van der Waals surface area contributed by atoms with Gasteiger partial charge in [-0.1, -0.05) is 197 Å². The molecule has 0 spiro atoms. The SMILES string of the molecule is CC(C)c1cc(-c2ccccc2)cc(C(C)C)c1-n1c(-c2[c-]c([Si](C)(C)C)cc3c2oc2ccccc23)nc2ccccc21.[2H]C(C)(C)c1cccc(C([2H])(C)C)c1-n1c(-c2[c-]cc([Si](C)(C)C)cc2)nc2ccccc21.[Ir]. The van der Waals surface area contributed by atoms with Crippen molar-refractivity contribution >= 4 is 70.5 Å². The van der Waals surface area contributed by atoms with Crippen LogP contribution < -0.4 is 10.4 Å². The molecule has 5 nitrogen and oxygen atoms in total. The summed E-state index contributed by atoms with van der Waals surface area (Å²) in [5, 5.41) is 4.91. The summed E-state index contributed by atoms with van der Waals surface area (Å²) in [5.41, 5.74) is 16.5. The van der Waals surface area contributed by atoms with Crippen LogP contribution in [-0.2, 0) is 20.1 Å². The zero-order chi connectivity index (χ0) is 54.9. The molecule has 8 heteroatoms. The van der Waals surface area contributed by atoms with Gasteiger partial charge in [0.05, 0.1) is 47.4 Å². The minimum absolute atomic E-state index is 0. The van der Waals surface area contributed by atoms with E-state index in [-0.39, 0.29) is 20.1 Å². The molecule has 0 bridgehead atoms. The van der Waals surface area contributed by atoms with Gasteiger partial charge >= 0.3 is 0 Å². The largest absolute Gasteiger partial charge is 0.501 e. The summed E-state index contributed by atoms with van der Waals surface area (Å²) >= 11 is 0. The number of rotatable bonds is 11. The van der Waals surface area contributed by atoms with Gasteiger partial charge in [0.25, 0.3) is 0 Å². The van der Waals surface area contributed by atoms with Crippen molar-refractivity contribution in [2.24, 2.45) is 0 Å². The van der Waals surface area contributed by atoms with Crippen molar-refractivity contribution in [2.45, 2.75) is 118 Å². The molecule has 0 amide bonds. The molecule has 11 aromatic rings. The van der Waals surface area contributed by atoms with Crippen LogP contribution in [0.1, 0.15) is 104 Å². The van der Waals surface area contributed by atoms with E-state index in [0.717, 1.165) is 83.6 Å². The first-order valence-electron chi connectivity index (χ1n) is 27.6. The minimum atomic E-state index is -1.75. The molecule has 0 aliphatic rings. The predicted molar refractivity (Wildman–Crippen MR) is 326 cm³/mol. The number of nitrogens with zero attached hydrogens (tertiary/aromatic N) is 4. The second kappa shape index (κ2) is 21.5. The number of benzene rings is 8. The Morgan fingerprint density at radius 3 is 1.58 bits per heavy atom. The smallest absolute Gasteiger partial charge is 0.120 e. The zero-order valence-electron chi connectivity index (χ0n) is 48.7. The van der Waals surface area contributed by atoms with E-state index >= 15 is 0 Å². The fourth-order valence-corrected chi connectivity index (χ4v) is 12.6. The molecule has 3 heterocycles. The third-order valence-corrected chi connectivity index (χ3v) is 18.5. The molecule has 1 radical (unpaired) electrons. The minimum Gasteiger partial charge on any atom is -0.501 e. The molecule has 0 saturated heterocycles. The number of hydrogen-bond acceptors (Lipinski definition) is 3. The van der Waals surface area contributed by atoms with Crippen LogP contribution in [-0.4, -0.2) is 35.2 Å². The average molecular weight is 1210 g/mol. The maximum absolute atomic E-state index is 8.90. The van der Waals surface area contributed by atoms with Gasteiger partial charge in [0, 0.05) is 47.7 Å². The van der Waals surface area contributed by atoms with Crippen molar-refractivity contribution in [3.63, 3.8) is 0 Å². The maximum Gasteiger partial charge on any atom is 0.120 e. The van der Waals surface area contributed by atoms with Crippen LogP contribution in [0, 0.1) is 12.1 Å². The molecule has 0 aliphatic heterocycles. The monoisotopic (exact) mass is 1210 g/mol. The summed E-state index contributed by atoms with van der Waals surface area (Å²) in [6.45, 7) is 31.0. The van der Waals surface area contributed by atoms with Crippen LogP contribution in [0.25, 0.3) is 89.3 Å². The molecule has 0 aliphatic carbocycles. The molecule has 11 rings (SSSR count). The molecular weight excluding hydrogens is 1140 g/mol. The fraction of sp³-hybridized carbons (Fsp3) is 0.265. The van der Waals surface area contributed by atoms with E-state index in [1.165, 1.54) is 38.3 Å². The van der Waals surface area contributed by atoms with Crippen molar-refractivity contribution in [1.29, 1.82) is 0 Å². The predicted octanol–water partition coefficient (Wildman–Crippen LogP) is 18.1. The number of hydrogen-bond donors (Lipinski definition) is 0. The Kier molecular flexibility index (Phi) is 14.6. The summed E-state index contributed by atoms with van der Waals surface area (Å²) in [6.07, 6.45) is 0. The number of furan rings is 1. The van der Waals surface area contributed by atoms with Crippen LogP contribution >= 0.6 is 0 Å². The molecule has 0 unspecified atom stereocenters. The topological polar surface area (TPSA) is 48.8 Å². The van der Waals surface area contributed by atoms with Gasteiger partial charge in [-0.25, -0.2) is 0 Å². The molecule has 389 valence electrons. The van der Waals surface area contributed by atoms with Gasteiger partial charge in [-0.15, -0.1) is 52.3 Å². The van der Waals surface area contributed by atoms with E-state index in [9.17, 15) is 0 Å². The first kappa shape index (κ1) is 51.7. The third-order valence-electron chi connectivity index (χ3n) is 14.6. The summed E-state index contributed by atoms with van der Waals surface area (Å²) in [6, 6.07) is 62.6. The van der Waals surface area contributed by atoms with E-state index in [1.54, 1.807) is 0 Å².